The van der Waals surface area contributed by atoms with Crippen LogP contribution in [0.1, 0.15) is 23.6 Å². The summed E-state index contributed by atoms with van der Waals surface area (Å²) in [6, 6.07) is 6.77. The van der Waals surface area contributed by atoms with E-state index in [1.165, 1.54) is 16.7 Å². The number of hydrogen-bond acceptors (Lipinski definition) is 0. The fraction of sp³-hybridized carbons (Fsp3) is 0.455. The number of alkyl halides is 2. The van der Waals surface area contributed by atoms with Gasteiger partial charge in [-0.05, 0) is 29.5 Å². The van der Waals surface area contributed by atoms with Crippen LogP contribution < -0.4 is 0 Å². The first kappa shape index (κ1) is 11.3. The number of hydrogen-bond donors (Lipinski definition) is 0. The summed E-state index contributed by atoms with van der Waals surface area (Å²) < 4.78 is 0. The zero-order chi connectivity index (χ0) is 9.68. The van der Waals surface area contributed by atoms with Crippen LogP contribution in [-0.4, -0.2) is 5.33 Å². The van der Waals surface area contributed by atoms with Gasteiger partial charge < -0.3 is 0 Å². The molecule has 0 aliphatic rings. The van der Waals surface area contributed by atoms with Gasteiger partial charge in [0.2, 0.25) is 0 Å². The van der Waals surface area contributed by atoms with Crippen LogP contribution >= 0.6 is 31.9 Å². The molecule has 0 aromatic heterocycles. The van der Waals surface area contributed by atoms with Gasteiger partial charge in [0.15, 0.2) is 0 Å². The number of rotatable bonds is 4. The van der Waals surface area contributed by atoms with Gasteiger partial charge in [0, 0.05) is 10.7 Å². The molecule has 0 atom stereocenters. The Morgan fingerprint density at radius 2 is 1.92 bits per heavy atom. The standard InChI is InChI=1S/C11H14Br2/c1-2-9-3-4-10(5-6-12)11(7-9)8-13/h3-4,7H,2,5-6,8H2,1H3. The van der Waals surface area contributed by atoms with Crippen LogP contribution in [0.3, 0.4) is 0 Å². The van der Waals surface area contributed by atoms with Crippen molar-refractivity contribution < 1.29 is 0 Å². The van der Waals surface area contributed by atoms with Crippen LogP contribution in [0.15, 0.2) is 18.2 Å². The van der Waals surface area contributed by atoms with Crippen molar-refractivity contribution in [3.8, 4) is 0 Å². The normalized spacial score (nSPS) is 10.4. The van der Waals surface area contributed by atoms with E-state index >= 15 is 0 Å². The second-order valence-electron chi connectivity index (χ2n) is 3.03. The molecule has 0 fully saturated rings. The quantitative estimate of drug-likeness (QED) is 0.735. The van der Waals surface area contributed by atoms with Gasteiger partial charge in [0.25, 0.3) is 0 Å². The van der Waals surface area contributed by atoms with E-state index in [1.807, 2.05) is 0 Å². The van der Waals surface area contributed by atoms with Crippen LogP contribution in [0, 0.1) is 0 Å². The van der Waals surface area contributed by atoms with E-state index in [9.17, 15) is 0 Å². The van der Waals surface area contributed by atoms with Crippen molar-refractivity contribution >= 4 is 31.9 Å². The largest absolute Gasteiger partial charge is 0.0924 e. The lowest BCUT2D eigenvalue weighted by atomic mass is 10.0. The second kappa shape index (κ2) is 5.82. The molecule has 1 rings (SSSR count). The van der Waals surface area contributed by atoms with E-state index in [1.54, 1.807) is 0 Å². The maximum atomic E-state index is 3.53. The van der Waals surface area contributed by atoms with Crippen molar-refractivity contribution in [1.82, 2.24) is 0 Å². The van der Waals surface area contributed by atoms with E-state index in [0.29, 0.717) is 0 Å². The minimum atomic E-state index is 0.961. The number of benzene rings is 1. The summed E-state index contributed by atoms with van der Waals surface area (Å²) >= 11 is 7.00. The van der Waals surface area contributed by atoms with Crippen molar-refractivity contribution in [1.29, 1.82) is 0 Å². The fourth-order valence-corrected chi connectivity index (χ4v) is 2.32. The lowest BCUT2D eigenvalue weighted by Crippen LogP contribution is -1.94. The molecule has 0 saturated carbocycles. The predicted octanol–water partition coefficient (Wildman–Crippen LogP) is 4.08. The molecule has 1 aromatic carbocycles. The Hall–Kier alpha value is 0.180. The van der Waals surface area contributed by atoms with Crippen LogP contribution in [0.4, 0.5) is 0 Å². The van der Waals surface area contributed by atoms with Gasteiger partial charge in [-0.15, -0.1) is 0 Å². The number of aryl methyl sites for hydroxylation is 2. The van der Waals surface area contributed by atoms with Crippen LogP contribution in [0.2, 0.25) is 0 Å². The Morgan fingerprint density at radius 1 is 1.15 bits per heavy atom. The Kier molecular flexibility index (Phi) is 5.04. The third-order valence-corrected chi connectivity index (χ3v) is 3.19. The van der Waals surface area contributed by atoms with Gasteiger partial charge in [-0.2, -0.15) is 0 Å². The molecule has 1 aromatic rings. The molecule has 0 unspecified atom stereocenters. The van der Waals surface area contributed by atoms with E-state index < -0.39 is 0 Å². The first-order chi connectivity index (χ1) is 6.31. The summed E-state index contributed by atoms with van der Waals surface area (Å²) in [7, 11) is 0. The van der Waals surface area contributed by atoms with Gasteiger partial charge >= 0.3 is 0 Å². The monoisotopic (exact) mass is 304 g/mol. The molecule has 0 aliphatic carbocycles. The minimum absolute atomic E-state index is 0.961. The maximum absolute atomic E-state index is 3.53. The summed E-state index contributed by atoms with van der Waals surface area (Å²) in [4.78, 5) is 0. The minimum Gasteiger partial charge on any atom is -0.0924 e. The fourth-order valence-electron chi connectivity index (χ4n) is 1.37. The molecule has 0 N–H and O–H groups in total. The van der Waals surface area contributed by atoms with Crippen molar-refractivity contribution in [2.24, 2.45) is 0 Å². The van der Waals surface area contributed by atoms with Gasteiger partial charge in [-0.1, -0.05) is 57.0 Å². The molecule has 2 heteroatoms. The van der Waals surface area contributed by atoms with E-state index in [2.05, 4.69) is 57.0 Å². The highest BCUT2D eigenvalue weighted by atomic mass is 79.9. The third kappa shape index (κ3) is 3.10. The molecule has 0 bridgehead atoms. The predicted molar refractivity (Wildman–Crippen MR) is 65.9 cm³/mol. The van der Waals surface area contributed by atoms with Gasteiger partial charge in [-0.3, -0.25) is 0 Å². The van der Waals surface area contributed by atoms with Crippen LogP contribution in [0.25, 0.3) is 0 Å². The lowest BCUT2D eigenvalue weighted by molar-refractivity contribution is 1.08. The van der Waals surface area contributed by atoms with Gasteiger partial charge in [0.1, 0.15) is 0 Å². The summed E-state index contributed by atoms with van der Waals surface area (Å²) in [5.74, 6) is 0. The summed E-state index contributed by atoms with van der Waals surface area (Å²) in [5, 5.41) is 2.00. The first-order valence-electron chi connectivity index (χ1n) is 4.54. The average molecular weight is 306 g/mol. The van der Waals surface area contributed by atoms with Gasteiger partial charge in [-0.25, -0.2) is 0 Å². The summed E-state index contributed by atoms with van der Waals surface area (Å²) in [5.41, 5.74) is 4.30. The van der Waals surface area contributed by atoms with E-state index in [0.717, 1.165) is 23.5 Å². The molecule has 0 nitrogen and oxygen atoms in total. The van der Waals surface area contributed by atoms with Crippen molar-refractivity contribution in [2.45, 2.75) is 25.1 Å². The first-order valence-corrected chi connectivity index (χ1v) is 6.78. The SMILES string of the molecule is CCc1ccc(CCBr)c(CBr)c1. The zero-order valence-electron chi connectivity index (χ0n) is 7.82. The molecule has 0 amide bonds. The molecular weight excluding hydrogens is 292 g/mol. The number of halogens is 2. The lowest BCUT2D eigenvalue weighted by Gasteiger charge is -2.07. The maximum Gasteiger partial charge on any atom is 0.0285 e. The van der Waals surface area contributed by atoms with Crippen molar-refractivity contribution in [3.05, 3.63) is 34.9 Å². The molecule has 0 radical (unpaired) electrons. The molecule has 0 aliphatic heterocycles. The van der Waals surface area contributed by atoms with Crippen molar-refractivity contribution in [2.75, 3.05) is 5.33 Å². The van der Waals surface area contributed by atoms with Crippen LogP contribution in [0.5, 0.6) is 0 Å². The topological polar surface area (TPSA) is 0 Å². The Labute approximate surface area is 97.0 Å². The Bertz CT molecular complexity index is 269. The van der Waals surface area contributed by atoms with Crippen molar-refractivity contribution in [3.63, 3.8) is 0 Å². The van der Waals surface area contributed by atoms with E-state index in [4.69, 9.17) is 0 Å². The Balaban J connectivity index is 2.93. The zero-order valence-corrected chi connectivity index (χ0v) is 11.0. The van der Waals surface area contributed by atoms with E-state index in [-0.39, 0.29) is 0 Å². The summed E-state index contributed by atoms with van der Waals surface area (Å²) in [6.07, 6.45) is 2.24. The third-order valence-electron chi connectivity index (χ3n) is 2.19. The smallest absolute Gasteiger partial charge is 0.0285 e. The molecule has 0 heterocycles. The highest BCUT2D eigenvalue weighted by molar-refractivity contribution is 9.09. The molecule has 72 valence electrons. The van der Waals surface area contributed by atoms with Crippen LogP contribution in [-0.2, 0) is 18.2 Å². The average Bonchev–Trinajstić information content (AvgIpc) is 2.19. The Morgan fingerprint density at radius 3 is 2.46 bits per heavy atom. The molecule has 13 heavy (non-hydrogen) atoms. The second-order valence-corrected chi connectivity index (χ2v) is 4.38. The molecule has 0 saturated heterocycles. The highest BCUT2D eigenvalue weighted by Gasteiger charge is 2.01. The summed E-state index contributed by atoms with van der Waals surface area (Å²) in [6.45, 7) is 2.19. The van der Waals surface area contributed by atoms with Gasteiger partial charge in [0.05, 0.1) is 0 Å². The molecular formula is C11H14Br2. The highest BCUT2D eigenvalue weighted by Crippen LogP contribution is 2.17. The molecule has 0 spiro atoms.